The highest BCUT2D eigenvalue weighted by Crippen LogP contribution is 2.29. The van der Waals surface area contributed by atoms with Crippen LogP contribution in [0.1, 0.15) is 22.8 Å². The number of alkyl halides is 3. The number of rotatable bonds is 7. The van der Waals surface area contributed by atoms with Crippen molar-refractivity contribution >= 4 is 40.8 Å². The molecule has 0 saturated carbocycles. The Labute approximate surface area is 183 Å². The van der Waals surface area contributed by atoms with E-state index in [9.17, 15) is 37.7 Å². The second kappa shape index (κ2) is 10.1. The zero-order valence-corrected chi connectivity index (χ0v) is 17.0. The number of benzene rings is 2. The highest BCUT2D eigenvalue weighted by atomic mass is 35.5. The van der Waals surface area contributed by atoms with Crippen molar-refractivity contribution in [2.45, 2.75) is 19.2 Å². The van der Waals surface area contributed by atoms with Crippen molar-refractivity contribution in [3.63, 3.8) is 0 Å². The summed E-state index contributed by atoms with van der Waals surface area (Å²) >= 11 is 5.88. The van der Waals surface area contributed by atoms with Crippen LogP contribution in [0.4, 0.5) is 24.5 Å². The highest BCUT2D eigenvalue weighted by Gasteiger charge is 2.30. The minimum absolute atomic E-state index is 0.0197. The molecule has 2 rings (SSSR count). The molecular weight excluding hydrogens is 459 g/mol. The normalized spacial score (nSPS) is 11.9. The molecule has 0 fully saturated rings. The molecule has 1 unspecified atom stereocenters. The molecule has 2 aromatic carbocycles. The molecule has 0 heterocycles. The first-order valence-electron chi connectivity index (χ1n) is 8.78. The molecule has 0 radical (unpaired) electrons. The molecule has 0 aliphatic rings. The predicted octanol–water partition coefficient (Wildman–Crippen LogP) is 3.57. The molecule has 13 heteroatoms. The summed E-state index contributed by atoms with van der Waals surface area (Å²) in [6.45, 7) is 0.561. The molecule has 2 aromatic rings. The van der Waals surface area contributed by atoms with Gasteiger partial charge in [-0.05, 0) is 37.3 Å². The average Bonchev–Trinajstić information content (AvgIpc) is 2.72. The number of halogens is 4. The number of nitro groups is 1. The largest absolute Gasteiger partial charge is 0.451 e. The van der Waals surface area contributed by atoms with Gasteiger partial charge in [0.25, 0.3) is 17.5 Å². The number of ether oxygens (including phenoxy) is 1. The van der Waals surface area contributed by atoms with Crippen LogP contribution < -0.4 is 10.6 Å². The topological polar surface area (TPSA) is 128 Å². The van der Waals surface area contributed by atoms with Crippen LogP contribution >= 0.6 is 11.6 Å². The van der Waals surface area contributed by atoms with Gasteiger partial charge in [0, 0.05) is 17.7 Å². The van der Waals surface area contributed by atoms with Crippen LogP contribution in [0.25, 0.3) is 0 Å². The molecule has 0 aliphatic carbocycles. The zero-order valence-electron chi connectivity index (χ0n) is 16.2. The Kier molecular flexibility index (Phi) is 7.76. The van der Waals surface area contributed by atoms with E-state index in [-0.39, 0.29) is 22.0 Å². The second-order valence-corrected chi connectivity index (χ2v) is 6.71. The number of esters is 1. The molecule has 2 N–H and O–H groups in total. The van der Waals surface area contributed by atoms with Crippen molar-refractivity contribution < 1.29 is 37.2 Å². The number of anilines is 1. The Morgan fingerprint density at radius 2 is 1.78 bits per heavy atom. The van der Waals surface area contributed by atoms with Gasteiger partial charge in [-0.3, -0.25) is 24.5 Å². The van der Waals surface area contributed by atoms with Gasteiger partial charge in [-0.25, -0.2) is 0 Å². The average molecular weight is 474 g/mol. The Bertz CT molecular complexity index is 1040. The maximum absolute atomic E-state index is 12.5. The monoisotopic (exact) mass is 473 g/mol. The maximum Gasteiger partial charge on any atom is 0.416 e. The van der Waals surface area contributed by atoms with Gasteiger partial charge in [-0.15, -0.1) is 0 Å². The Balaban J connectivity index is 1.88. The van der Waals surface area contributed by atoms with Crippen molar-refractivity contribution in [2.24, 2.45) is 0 Å². The van der Waals surface area contributed by atoms with Crippen LogP contribution in [0.3, 0.4) is 0 Å². The third kappa shape index (κ3) is 6.67. The van der Waals surface area contributed by atoms with Crippen molar-refractivity contribution in [2.75, 3.05) is 11.9 Å². The lowest BCUT2D eigenvalue weighted by molar-refractivity contribution is -0.384. The molecular formula is C19H15ClF3N3O6. The summed E-state index contributed by atoms with van der Waals surface area (Å²) in [5.41, 5.74) is -1.43. The molecule has 170 valence electrons. The lowest BCUT2D eigenvalue weighted by atomic mass is 10.1. The molecule has 9 nitrogen and oxygen atoms in total. The summed E-state index contributed by atoms with van der Waals surface area (Å²) in [5.74, 6) is -2.66. The number of non-ortho nitro benzene ring substituents is 1. The summed E-state index contributed by atoms with van der Waals surface area (Å²) in [5, 5.41) is 15.3. The number of carbonyl (C=O) groups is 3. The minimum atomic E-state index is -4.55. The van der Waals surface area contributed by atoms with Gasteiger partial charge < -0.3 is 15.4 Å². The molecule has 0 spiro atoms. The van der Waals surface area contributed by atoms with Gasteiger partial charge in [0.05, 0.1) is 21.2 Å². The number of carbonyl (C=O) groups excluding carboxylic acids is 3. The minimum Gasteiger partial charge on any atom is -0.451 e. The lowest BCUT2D eigenvalue weighted by Gasteiger charge is -2.14. The lowest BCUT2D eigenvalue weighted by Crippen LogP contribution is -2.35. The van der Waals surface area contributed by atoms with Gasteiger partial charge in [0.15, 0.2) is 6.10 Å². The fourth-order valence-corrected chi connectivity index (χ4v) is 2.48. The number of hydrogen-bond acceptors (Lipinski definition) is 6. The SMILES string of the molecule is CC(OC(=O)CNC(=O)c1ccc(C(F)(F)F)cc1)C(=O)Nc1cc([N+](=O)[O-])ccc1Cl. The fraction of sp³-hybridized carbons (Fsp3) is 0.211. The Hall–Kier alpha value is -3.67. The third-order valence-electron chi connectivity index (χ3n) is 3.96. The van der Waals surface area contributed by atoms with Crippen LogP contribution in [0.5, 0.6) is 0 Å². The van der Waals surface area contributed by atoms with E-state index in [1.54, 1.807) is 0 Å². The first-order valence-corrected chi connectivity index (χ1v) is 9.16. The number of amides is 2. The maximum atomic E-state index is 12.5. The second-order valence-electron chi connectivity index (χ2n) is 6.30. The van der Waals surface area contributed by atoms with Crippen LogP contribution in [-0.2, 0) is 20.5 Å². The predicted molar refractivity (Wildman–Crippen MR) is 106 cm³/mol. The van der Waals surface area contributed by atoms with E-state index < -0.39 is 47.1 Å². The summed E-state index contributed by atoms with van der Waals surface area (Å²) in [6.07, 6.45) is -5.90. The van der Waals surface area contributed by atoms with Crippen LogP contribution in [0.2, 0.25) is 5.02 Å². The molecule has 0 bridgehead atoms. The summed E-state index contributed by atoms with van der Waals surface area (Å²) < 4.78 is 42.5. The first-order chi connectivity index (χ1) is 14.9. The number of hydrogen-bond donors (Lipinski definition) is 2. The van der Waals surface area contributed by atoms with Crippen molar-refractivity contribution in [1.29, 1.82) is 0 Å². The van der Waals surface area contributed by atoms with E-state index in [1.165, 1.54) is 13.0 Å². The molecule has 0 aromatic heterocycles. The van der Waals surface area contributed by atoms with Crippen molar-refractivity contribution in [1.82, 2.24) is 5.32 Å². The van der Waals surface area contributed by atoms with Gasteiger partial charge in [-0.1, -0.05) is 11.6 Å². The van der Waals surface area contributed by atoms with E-state index in [0.717, 1.165) is 36.4 Å². The summed E-state index contributed by atoms with van der Waals surface area (Å²) in [7, 11) is 0. The quantitative estimate of drug-likeness (QED) is 0.359. The molecule has 2 amide bonds. The van der Waals surface area contributed by atoms with Gasteiger partial charge in [-0.2, -0.15) is 13.2 Å². The number of nitro benzene ring substituents is 1. The van der Waals surface area contributed by atoms with Gasteiger partial charge >= 0.3 is 12.1 Å². The van der Waals surface area contributed by atoms with Crippen molar-refractivity contribution in [3.05, 3.63) is 68.7 Å². The standard InChI is InChI=1S/C19H15ClF3N3O6/c1-10(17(28)25-15-8-13(26(30)31)6-7-14(15)20)32-16(27)9-24-18(29)11-2-4-12(5-3-11)19(21,22)23/h2-8,10H,9H2,1H3,(H,24,29)(H,25,28). The van der Waals surface area contributed by atoms with E-state index in [1.807, 2.05) is 0 Å². The first kappa shape index (κ1) is 24.6. The summed E-state index contributed by atoms with van der Waals surface area (Å²) in [4.78, 5) is 46.1. The van der Waals surface area contributed by atoms with Crippen LogP contribution in [0.15, 0.2) is 42.5 Å². The van der Waals surface area contributed by atoms with Crippen molar-refractivity contribution in [3.8, 4) is 0 Å². The smallest absolute Gasteiger partial charge is 0.416 e. The fourth-order valence-electron chi connectivity index (χ4n) is 2.31. The molecule has 32 heavy (non-hydrogen) atoms. The Morgan fingerprint density at radius 1 is 1.16 bits per heavy atom. The van der Waals surface area contributed by atoms with E-state index in [2.05, 4.69) is 10.6 Å². The zero-order chi connectivity index (χ0) is 24.1. The molecule has 0 aliphatic heterocycles. The van der Waals surface area contributed by atoms with Gasteiger partial charge in [0.1, 0.15) is 6.54 Å². The number of nitrogens with zero attached hydrogens (tertiary/aromatic N) is 1. The third-order valence-corrected chi connectivity index (χ3v) is 4.29. The Morgan fingerprint density at radius 3 is 2.34 bits per heavy atom. The van der Waals surface area contributed by atoms with E-state index >= 15 is 0 Å². The number of nitrogens with one attached hydrogen (secondary N) is 2. The van der Waals surface area contributed by atoms with Crippen LogP contribution in [-0.4, -0.2) is 35.4 Å². The van der Waals surface area contributed by atoms with E-state index in [4.69, 9.17) is 16.3 Å². The van der Waals surface area contributed by atoms with E-state index in [0.29, 0.717) is 0 Å². The molecule has 0 saturated heterocycles. The van der Waals surface area contributed by atoms with Crippen LogP contribution in [0, 0.1) is 10.1 Å². The van der Waals surface area contributed by atoms with Gasteiger partial charge in [0.2, 0.25) is 0 Å². The summed E-state index contributed by atoms with van der Waals surface area (Å²) in [6, 6.07) is 6.71. The molecule has 1 atom stereocenters. The highest BCUT2D eigenvalue weighted by molar-refractivity contribution is 6.33.